The summed E-state index contributed by atoms with van der Waals surface area (Å²) in [5.74, 6) is -0.220. The van der Waals surface area contributed by atoms with Crippen molar-refractivity contribution in [1.29, 1.82) is 0 Å². The van der Waals surface area contributed by atoms with Gasteiger partial charge in [-0.25, -0.2) is 9.78 Å². The average Bonchev–Trinajstić information content (AvgIpc) is 3.12. The number of pyridine rings is 1. The van der Waals surface area contributed by atoms with E-state index in [1.807, 2.05) is 6.07 Å². The Bertz CT molecular complexity index is 1160. The summed E-state index contributed by atoms with van der Waals surface area (Å²) in [4.78, 5) is 39.1. The van der Waals surface area contributed by atoms with E-state index < -0.39 is 6.09 Å². The number of hydrogen-bond acceptors (Lipinski definition) is 6. The number of carbonyl (C=O) groups excluding carboxylic acids is 3. The molecule has 0 saturated carbocycles. The number of aromatic nitrogens is 1. The van der Waals surface area contributed by atoms with Gasteiger partial charge in [-0.2, -0.15) is 0 Å². The highest BCUT2D eigenvalue weighted by Gasteiger charge is 2.18. The quantitative estimate of drug-likeness (QED) is 0.487. The SMILES string of the molecule is NC(=O)Oc1ccc(CNc2ccccc2C(=O)Nc2ccc3c(c2)CC(=O)N3)cn1. The van der Waals surface area contributed by atoms with Crippen molar-refractivity contribution >= 4 is 35.0 Å². The number of nitrogens with zero attached hydrogens (tertiary/aromatic N) is 1. The number of nitrogens with one attached hydrogen (secondary N) is 3. The molecule has 0 radical (unpaired) electrons. The first kappa shape index (κ1) is 19.9. The number of anilines is 3. The van der Waals surface area contributed by atoms with Crippen LogP contribution in [0.5, 0.6) is 5.88 Å². The Balaban J connectivity index is 1.43. The van der Waals surface area contributed by atoms with Gasteiger partial charge in [0.1, 0.15) is 0 Å². The van der Waals surface area contributed by atoms with E-state index in [0.29, 0.717) is 29.9 Å². The lowest BCUT2D eigenvalue weighted by Gasteiger charge is -2.13. The van der Waals surface area contributed by atoms with Crippen LogP contribution >= 0.6 is 0 Å². The molecule has 1 aliphatic heterocycles. The molecule has 3 aromatic rings. The van der Waals surface area contributed by atoms with Crippen molar-refractivity contribution < 1.29 is 19.1 Å². The number of ether oxygens (including phenoxy) is 1. The van der Waals surface area contributed by atoms with Crippen LogP contribution < -0.4 is 26.4 Å². The molecule has 0 atom stereocenters. The van der Waals surface area contributed by atoms with Crippen molar-refractivity contribution in [1.82, 2.24) is 4.98 Å². The largest absolute Gasteiger partial charge is 0.411 e. The molecular formula is C22H19N5O4. The smallest absolute Gasteiger partial charge is 0.391 e. The van der Waals surface area contributed by atoms with Crippen LogP contribution in [-0.4, -0.2) is 22.9 Å². The number of fused-ring (bicyclic) bond motifs is 1. The van der Waals surface area contributed by atoms with Crippen molar-refractivity contribution in [3.8, 4) is 5.88 Å². The first-order valence-electron chi connectivity index (χ1n) is 9.47. The van der Waals surface area contributed by atoms with Gasteiger partial charge in [-0.05, 0) is 41.5 Å². The highest BCUT2D eigenvalue weighted by Crippen LogP contribution is 2.27. The normalized spacial score (nSPS) is 11.9. The highest BCUT2D eigenvalue weighted by molar-refractivity contribution is 6.08. The zero-order valence-corrected chi connectivity index (χ0v) is 16.3. The lowest BCUT2D eigenvalue weighted by atomic mass is 10.1. The van der Waals surface area contributed by atoms with E-state index in [9.17, 15) is 14.4 Å². The molecule has 1 aliphatic rings. The number of hydrogen-bond donors (Lipinski definition) is 4. The lowest BCUT2D eigenvalue weighted by Crippen LogP contribution is -2.17. The van der Waals surface area contributed by atoms with E-state index in [-0.39, 0.29) is 17.7 Å². The van der Waals surface area contributed by atoms with E-state index in [4.69, 9.17) is 10.5 Å². The summed E-state index contributed by atoms with van der Waals surface area (Å²) < 4.78 is 4.70. The highest BCUT2D eigenvalue weighted by atomic mass is 16.6. The van der Waals surface area contributed by atoms with Gasteiger partial charge in [0.15, 0.2) is 0 Å². The standard InChI is InChI=1S/C22H19N5O4/c23-22(30)31-20-8-5-13(12-25-20)11-24-18-4-2-1-3-16(18)21(29)26-15-6-7-17-14(9-15)10-19(28)27-17/h1-9,12,24H,10-11H2,(H2,23,30)(H,26,29)(H,27,28). The molecule has 1 aromatic heterocycles. The van der Waals surface area contributed by atoms with Gasteiger partial charge in [0, 0.05) is 35.9 Å². The number of carbonyl (C=O) groups is 3. The second kappa shape index (κ2) is 8.54. The van der Waals surface area contributed by atoms with Crippen LogP contribution in [0.2, 0.25) is 0 Å². The summed E-state index contributed by atoms with van der Waals surface area (Å²) in [6, 6.07) is 15.7. The van der Waals surface area contributed by atoms with Crippen molar-refractivity contribution in [2.75, 3.05) is 16.0 Å². The number of para-hydroxylation sites is 1. The van der Waals surface area contributed by atoms with Gasteiger partial charge in [-0.3, -0.25) is 9.59 Å². The minimum absolute atomic E-state index is 0.0586. The summed E-state index contributed by atoms with van der Waals surface area (Å²) >= 11 is 0. The Morgan fingerprint density at radius 1 is 1.13 bits per heavy atom. The van der Waals surface area contributed by atoms with Crippen LogP contribution in [-0.2, 0) is 17.8 Å². The predicted octanol–water partition coefficient (Wildman–Crippen LogP) is 2.90. The fourth-order valence-electron chi connectivity index (χ4n) is 3.22. The predicted molar refractivity (Wildman–Crippen MR) is 115 cm³/mol. The maximum atomic E-state index is 12.9. The molecule has 4 rings (SSSR count). The first-order valence-corrected chi connectivity index (χ1v) is 9.47. The number of amides is 3. The second-order valence-corrected chi connectivity index (χ2v) is 6.88. The summed E-state index contributed by atoms with van der Waals surface area (Å²) in [7, 11) is 0. The van der Waals surface area contributed by atoms with E-state index >= 15 is 0 Å². The Morgan fingerprint density at radius 2 is 1.97 bits per heavy atom. The molecule has 9 nitrogen and oxygen atoms in total. The van der Waals surface area contributed by atoms with E-state index in [1.165, 1.54) is 6.07 Å². The molecule has 156 valence electrons. The van der Waals surface area contributed by atoms with Gasteiger partial charge in [0.2, 0.25) is 11.8 Å². The van der Waals surface area contributed by atoms with Gasteiger partial charge in [-0.15, -0.1) is 0 Å². The van der Waals surface area contributed by atoms with Gasteiger partial charge >= 0.3 is 6.09 Å². The Hall–Kier alpha value is -4.40. The minimum atomic E-state index is -0.926. The van der Waals surface area contributed by atoms with Crippen molar-refractivity contribution in [3.05, 3.63) is 77.5 Å². The topological polar surface area (TPSA) is 135 Å². The van der Waals surface area contributed by atoms with E-state index in [1.54, 1.807) is 48.7 Å². The summed E-state index contributed by atoms with van der Waals surface area (Å²) in [5, 5.41) is 8.86. The first-order chi connectivity index (χ1) is 15.0. The Kier molecular flexibility index (Phi) is 5.48. The summed E-state index contributed by atoms with van der Waals surface area (Å²) in [6.07, 6.45) is 0.923. The number of benzene rings is 2. The zero-order chi connectivity index (χ0) is 21.8. The molecule has 9 heteroatoms. The van der Waals surface area contributed by atoms with Crippen molar-refractivity contribution in [2.45, 2.75) is 13.0 Å². The zero-order valence-electron chi connectivity index (χ0n) is 16.3. The molecule has 31 heavy (non-hydrogen) atoms. The number of nitrogens with two attached hydrogens (primary N) is 1. The molecule has 0 aliphatic carbocycles. The fraction of sp³-hybridized carbons (Fsp3) is 0.0909. The third-order valence-corrected chi connectivity index (χ3v) is 4.65. The van der Waals surface area contributed by atoms with Crippen LogP contribution in [0.1, 0.15) is 21.5 Å². The van der Waals surface area contributed by atoms with Gasteiger partial charge in [0.05, 0.1) is 12.0 Å². The summed E-state index contributed by atoms with van der Waals surface area (Å²) in [6.45, 7) is 0.404. The van der Waals surface area contributed by atoms with Crippen LogP contribution in [0.4, 0.5) is 21.9 Å². The average molecular weight is 417 g/mol. The Labute approximate surface area is 177 Å². The maximum Gasteiger partial charge on any atom is 0.411 e. The number of rotatable bonds is 6. The van der Waals surface area contributed by atoms with Crippen LogP contribution in [0.3, 0.4) is 0 Å². The second-order valence-electron chi connectivity index (χ2n) is 6.88. The van der Waals surface area contributed by atoms with Crippen molar-refractivity contribution in [2.24, 2.45) is 5.73 Å². The monoisotopic (exact) mass is 417 g/mol. The molecular weight excluding hydrogens is 398 g/mol. The maximum absolute atomic E-state index is 12.9. The molecule has 5 N–H and O–H groups in total. The molecule has 0 spiro atoms. The molecule has 2 heterocycles. The van der Waals surface area contributed by atoms with Gasteiger partial charge in [0.25, 0.3) is 5.91 Å². The van der Waals surface area contributed by atoms with Gasteiger partial charge in [-0.1, -0.05) is 18.2 Å². The fourth-order valence-corrected chi connectivity index (χ4v) is 3.22. The number of primary amides is 1. The molecule has 3 amide bonds. The van der Waals surface area contributed by atoms with E-state index in [2.05, 4.69) is 20.9 Å². The van der Waals surface area contributed by atoms with Crippen molar-refractivity contribution in [3.63, 3.8) is 0 Å². The molecule has 0 saturated heterocycles. The lowest BCUT2D eigenvalue weighted by molar-refractivity contribution is -0.115. The molecule has 0 fully saturated rings. The third-order valence-electron chi connectivity index (χ3n) is 4.65. The minimum Gasteiger partial charge on any atom is -0.391 e. The van der Waals surface area contributed by atoms with E-state index in [0.717, 1.165) is 16.8 Å². The van der Waals surface area contributed by atoms with Crippen LogP contribution in [0.25, 0.3) is 0 Å². The van der Waals surface area contributed by atoms with Crippen LogP contribution in [0, 0.1) is 0 Å². The Morgan fingerprint density at radius 3 is 2.74 bits per heavy atom. The third kappa shape index (κ3) is 4.78. The summed E-state index contributed by atoms with van der Waals surface area (Å²) in [5.41, 5.74) is 9.14. The molecule has 2 aromatic carbocycles. The molecule has 0 bridgehead atoms. The van der Waals surface area contributed by atoms with Crippen LogP contribution in [0.15, 0.2) is 60.8 Å². The van der Waals surface area contributed by atoms with Gasteiger partial charge < -0.3 is 26.4 Å². The molecule has 0 unspecified atom stereocenters.